The van der Waals surface area contributed by atoms with Crippen molar-refractivity contribution >= 4 is 14.3 Å². The number of carbonyl (C=O) groups excluding carboxylic acids is 1. The molecule has 0 radical (unpaired) electrons. The highest BCUT2D eigenvalue weighted by Crippen LogP contribution is 2.32. The Hall–Kier alpha value is -0.613. The number of hydrogen-bond acceptors (Lipinski definition) is 3. The Bertz CT molecular complexity index is 326. The predicted octanol–water partition coefficient (Wildman–Crippen LogP) is 4.44. The number of rotatable bonds is 7. The molecule has 116 valence electrons. The monoisotopic (exact) mass is 298 g/mol. The van der Waals surface area contributed by atoms with Crippen molar-refractivity contribution in [2.75, 3.05) is 6.61 Å². The average Bonchev–Trinajstić information content (AvgIpc) is 2.47. The summed E-state index contributed by atoms with van der Waals surface area (Å²) in [6.07, 6.45) is 6.23. The number of hydrogen-bond donors (Lipinski definition) is 0. The fraction of sp³-hybridized carbons (Fsp3) is 0.812. The summed E-state index contributed by atoms with van der Waals surface area (Å²) in [6, 6.07) is 3.47. The minimum absolute atomic E-state index is 0.152. The highest BCUT2D eigenvalue weighted by atomic mass is 28.4. The van der Waals surface area contributed by atoms with Crippen molar-refractivity contribution in [3.8, 4) is 0 Å². The second-order valence-corrected chi connectivity index (χ2v) is 10.3. The van der Waals surface area contributed by atoms with Crippen LogP contribution in [0.25, 0.3) is 0 Å². The van der Waals surface area contributed by atoms with Gasteiger partial charge in [0.25, 0.3) is 0 Å². The quantitative estimate of drug-likeness (QED) is 0.396. The van der Waals surface area contributed by atoms with Gasteiger partial charge in [-0.25, -0.2) is 4.79 Å². The summed E-state index contributed by atoms with van der Waals surface area (Å²) in [4.78, 5) is 11.7. The van der Waals surface area contributed by atoms with Crippen molar-refractivity contribution in [2.24, 2.45) is 0 Å². The third-order valence-corrected chi connectivity index (χ3v) is 9.16. The lowest BCUT2D eigenvalue weighted by Crippen LogP contribution is -2.41. The Morgan fingerprint density at radius 1 is 1.20 bits per heavy atom. The second kappa shape index (κ2) is 8.62. The Balaban J connectivity index is 2.81. The SMILES string of the molecule is CCOC(=O)/C=C1/CCCCC1O[Si](CC)(CC)CC. The van der Waals surface area contributed by atoms with Crippen LogP contribution in [0.4, 0.5) is 0 Å². The number of esters is 1. The van der Waals surface area contributed by atoms with Gasteiger partial charge in [-0.3, -0.25) is 0 Å². The zero-order chi connectivity index (χ0) is 15.0. The largest absolute Gasteiger partial charge is 0.463 e. The van der Waals surface area contributed by atoms with Gasteiger partial charge in [0.15, 0.2) is 8.32 Å². The lowest BCUT2D eigenvalue weighted by atomic mass is 9.92. The topological polar surface area (TPSA) is 35.5 Å². The molecule has 0 spiro atoms. The third-order valence-electron chi connectivity index (χ3n) is 4.51. The van der Waals surface area contributed by atoms with Crippen molar-refractivity contribution < 1.29 is 14.0 Å². The fourth-order valence-corrected chi connectivity index (χ4v) is 5.81. The molecule has 1 aliphatic rings. The highest BCUT2D eigenvalue weighted by Gasteiger charge is 2.34. The van der Waals surface area contributed by atoms with Crippen LogP contribution in [0.2, 0.25) is 18.1 Å². The maximum absolute atomic E-state index is 11.7. The van der Waals surface area contributed by atoms with E-state index >= 15 is 0 Å². The van der Waals surface area contributed by atoms with Crippen molar-refractivity contribution in [1.29, 1.82) is 0 Å². The molecular weight excluding hydrogens is 268 g/mol. The molecule has 0 heterocycles. The van der Waals surface area contributed by atoms with Gasteiger partial charge >= 0.3 is 5.97 Å². The Morgan fingerprint density at radius 3 is 2.40 bits per heavy atom. The van der Waals surface area contributed by atoms with Gasteiger partial charge in [0.2, 0.25) is 0 Å². The maximum atomic E-state index is 11.7. The van der Waals surface area contributed by atoms with Gasteiger partial charge in [0, 0.05) is 6.08 Å². The van der Waals surface area contributed by atoms with E-state index in [2.05, 4.69) is 20.8 Å². The first-order chi connectivity index (χ1) is 9.60. The van der Waals surface area contributed by atoms with E-state index in [1.54, 1.807) is 6.08 Å². The summed E-state index contributed by atoms with van der Waals surface area (Å²) in [5.74, 6) is -0.213. The summed E-state index contributed by atoms with van der Waals surface area (Å²) in [6.45, 7) is 9.02. The zero-order valence-corrected chi connectivity index (χ0v) is 14.5. The normalized spacial score (nSPS) is 22.0. The smallest absolute Gasteiger partial charge is 0.330 e. The van der Waals surface area contributed by atoms with Crippen molar-refractivity contribution in [2.45, 2.75) is 77.6 Å². The highest BCUT2D eigenvalue weighted by molar-refractivity contribution is 6.73. The minimum Gasteiger partial charge on any atom is -0.463 e. The molecule has 0 aromatic carbocycles. The first kappa shape index (κ1) is 17.4. The predicted molar refractivity (Wildman–Crippen MR) is 85.3 cm³/mol. The van der Waals surface area contributed by atoms with Gasteiger partial charge in [-0.05, 0) is 49.9 Å². The molecule has 20 heavy (non-hydrogen) atoms. The van der Waals surface area contributed by atoms with Crippen LogP contribution >= 0.6 is 0 Å². The van der Waals surface area contributed by atoms with E-state index in [-0.39, 0.29) is 12.1 Å². The molecule has 0 aromatic heterocycles. The van der Waals surface area contributed by atoms with E-state index in [9.17, 15) is 4.79 Å². The molecule has 0 amide bonds. The summed E-state index contributed by atoms with van der Waals surface area (Å²) < 4.78 is 11.6. The van der Waals surface area contributed by atoms with Gasteiger partial charge in [0.05, 0.1) is 12.7 Å². The van der Waals surface area contributed by atoms with Gasteiger partial charge < -0.3 is 9.16 Å². The Labute approximate surface area is 124 Å². The van der Waals surface area contributed by atoms with Crippen molar-refractivity contribution in [3.63, 3.8) is 0 Å². The molecular formula is C16H30O3Si. The molecule has 4 heteroatoms. The van der Waals surface area contributed by atoms with Crippen LogP contribution in [0, 0.1) is 0 Å². The van der Waals surface area contributed by atoms with Crippen LogP contribution in [-0.4, -0.2) is 27.0 Å². The van der Waals surface area contributed by atoms with E-state index in [0.29, 0.717) is 6.61 Å². The van der Waals surface area contributed by atoms with Gasteiger partial charge in [-0.15, -0.1) is 0 Å². The van der Waals surface area contributed by atoms with E-state index in [1.807, 2.05) is 6.92 Å². The lowest BCUT2D eigenvalue weighted by molar-refractivity contribution is -0.137. The summed E-state index contributed by atoms with van der Waals surface area (Å²) >= 11 is 0. The Morgan fingerprint density at radius 2 is 1.85 bits per heavy atom. The first-order valence-electron chi connectivity index (χ1n) is 8.15. The Kier molecular flexibility index (Phi) is 7.52. The molecule has 1 rings (SSSR count). The fourth-order valence-electron chi connectivity index (χ4n) is 2.94. The molecule has 1 aliphatic carbocycles. The maximum Gasteiger partial charge on any atom is 0.330 e. The van der Waals surface area contributed by atoms with E-state index in [0.717, 1.165) is 43.0 Å². The van der Waals surface area contributed by atoms with Crippen LogP contribution in [-0.2, 0) is 14.0 Å². The zero-order valence-electron chi connectivity index (χ0n) is 13.5. The van der Waals surface area contributed by atoms with E-state index < -0.39 is 8.32 Å². The molecule has 0 bridgehead atoms. The van der Waals surface area contributed by atoms with Crippen LogP contribution in [0.1, 0.15) is 53.4 Å². The van der Waals surface area contributed by atoms with Crippen LogP contribution in [0.5, 0.6) is 0 Å². The first-order valence-corrected chi connectivity index (χ1v) is 10.7. The van der Waals surface area contributed by atoms with Crippen molar-refractivity contribution in [3.05, 3.63) is 11.6 Å². The molecule has 1 saturated carbocycles. The number of ether oxygens (including phenoxy) is 1. The lowest BCUT2D eigenvalue weighted by Gasteiger charge is -2.36. The molecule has 0 N–H and O–H groups in total. The van der Waals surface area contributed by atoms with Crippen molar-refractivity contribution in [1.82, 2.24) is 0 Å². The van der Waals surface area contributed by atoms with E-state index in [4.69, 9.17) is 9.16 Å². The molecule has 1 unspecified atom stereocenters. The van der Waals surface area contributed by atoms with E-state index in [1.165, 1.54) is 6.42 Å². The molecule has 0 aliphatic heterocycles. The third kappa shape index (κ3) is 4.74. The summed E-state index contributed by atoms with van der Waals surface area (Å²) in [5, 5.41) is 0. The van der Waals surface area contributed by atoms with Crippen LogP contribution in [0.15, 0.2) is 11.6 Å². The van der Waals surface area contributed by atoms with Gasteiger partial charge in [0.1, 0.15) is 0 Å². The van der Waals surface area contributed by atoms with Crippen LogP contribution in [0.3, 0.4) is 0 Å². The molecule has 1 atom stereocenters. The second-order valence-electron chi connectivity index (χ2n) is 5.57. The van der Waals surface area contributed by atoms with Gasteiger partial charge in [-0.2, -0.15) is 0 Å². The average molecular weight is 298 g/mol. The molecule has 0 aromatic rings. The minimum atomic E-state index is -1.61. The summed E-state index contributed by atoms with van der Waals surface area (Å²) in [5.41, 5.74) is 1.15. The molecule has 1 fully saturated rings. The van der Waals surface area contributed by atoms with Gasteiger partial charge in [-0.1, -0.05) is 27.2 Å². The standard InChI is InChI=1S/C16H30O3Si/c1-5-18-16(17)13-14-11-9-10-12-15(14)19-20(6-2,7-3)8-4/h13,15H,5-12H2,1-4H3/b14-13-. The summed E-state index contributed by atoms with van der Waals surface area (Å²) in [7, 11) is -1.61. The van der Waals surface area contributed by atoms with Crippen LogP contribution < -0.4 is 0 Å². The molecule has 0 saturated heterocycles. The molecule has 3 nitrogen and oxygen atoms in total. The number of carbonyl (C=O) groups is 1.